The van der Waals surface area contributed by atoms with E-state index in [4.69, 9.17) is 15.7 Å². The van der Waals surface area contributed by atoms with E-state index in [1.54, 1.807) is 6.21 Å². The van der Waals surface area contributed by atoms with Crippen LogP contribution >= 0.6 is 0 Å². The summed E-state index contributed by atoms with van der Waals surface area (Å²) in [7, 11) is 0. The second kappa shape index (κ2) is 7.95. The first kappa shape index (κ1) is 15.7. The Morgan fingerprint density at radius 1 is 1.14 bits per heavy atom. The Kier molecular flexibility index (Phi) is 5.68. The molecule has 2 aromatic carbocycles. The van der Waals surface area contributed by atoms with Crippen LogP contribution in [-0.2, 0) is 22.7 Å². The molecule has 0 fully saturated rings. The van der Waals surface area contributed by atoms with Crippen LogP contribution in [0.5, 0.6) is 0 Å². The number of nitrogens with zero attached hydrogens (tertiary/aromatic N) is 1. The zero-order valence-corrected chi connectivity index (χ0v) is 12.1. The first-order valence-electron chi connectivity index (χ1n) is 6.92. The maximum Gasteiger partial charge on any atom is 0.320 e. The highest BCUT2D eigenvalue weighted by atomic mass is 16.6. The van der Waals surface area contributed by atoms with Crippen LogP contribution in [0.1, 0.15) is 16.7 Å². The Balaban J connectivity index is 1.81. The molecule has 0 spiro atoms. The summed E-state index contributed by atoms with van der Waals surface area (Å²) >= 11 is 0. The molecule has 5 heteroatoms. The molecule has 0 aromatic heterocycles. The van der Waals surface area contributed by atoms with Gasteiger partial charge in [-0.3, -0.25) is 4.79 Å². The molecule has 0 aliphatic heterocycles. The summed E-state index contributed by atoms with van der Waals surface area (Å²) in [5.41, 5.74) is 8.31. The molecule has 1 atom stereocenters. The van der Waals surface area contributed by atoms with Crippen molar-refractivity contribution in [1.82, 2.24) is 0 Å². The standard InChI is InChI=1S/C17H18N2O3/c18-16(17(20)21)10-13-6-8-15(9-7-13)12-22-19-11-14-4-2-1-3-5-14/h1-9,11,16H,10,12,18H2,(H,20,21)/b19-11-. The van der Waals surface area contributed by atoms with Gasteiger partial charge in [-0.2, -0.15) is 0 Å². The number of hydrogen-bond acceptors (Lipinski definition) is 4. The number of aliphatic carboxylic acids is 1. The van der Waals surface area contributed by atoms with Gasteiger partial charge < -0.3 is 15.7 Å². The molecule has 2 rings (SSSR count). The number of carbonyl (C=O) groups is 1. The minimum atomic E-state index is -0.998. The number of hydrogen-bond donors (Lipinski definition) is 2. The SMILES string of the molecule is NC(Cc1ccc(CO/N=C\c2ccccc2)cc1)C(=O)O. The number of oxime groups is 1. The Morgan fingerprint density at radius 2 is 1.77 bits per heavy atom. The predicted octanol–water partition coefficient (Wildman–Crippen LogP) is 2.19. The molecule has 114 valence electrons. The molecule has 1 unspecified atom stereocenters. The van der Waals surface area contributed by atoms with Gasteiger partial charge in [-0.25, -0.2) is 0 Å². The van der Waals surface area contributed by atoms with Crippen molar-refractivity contribution in [2.24, 2.45) is 10.9 Å². The lowest BCUT2D eigenvalue weighted by atomic mass is 10.1. The maximum absolute atomic E-state index is 10.7. The van der Waals surface area contributed by atoms with Crippen molar-refractivity contribution < 1.29 is 14.7 Å². The smallest absolute Gasteiger partial charge is 0.320 e. The van der Waals surface area contributed by atoms with Gasteiger partial charge in [0.2, 0.25) is 0 Å². The Morgan fingerprint density at radius 3 is 2.41 bits per heavy atom. The van der Waals surface area contributed by atoms with E-state index in [-0.39, 0.29) is 0 Å². The molecule has 0 bridgehead atoms. The average molecular weight is 298 g/mol. The molecule has 0 saturated heterocycles. The second-order valence-corrected chi connectivity index (χ2v) is 4.88. The van der Waals surface area contributed by atoms with Crippen LogP contribution in [0, 0.1) is 0 Å². The molecule has 22 heavy (non-hydrogen) atoms. The Hall–Kier alpha value is -2.66. The molecule has 3 N–H and O–H groups in total. The van der Waals surface area contributed by atoms with Crippen LogP contribution < -0.4 is 5.73 Å². The van der Waals surface area contributed by atoms with Crippen molar-refractivity contribution in [1.29, 1.82) is 0 Å². The van der Waals surface area contributed by atoms with Crippen molar-refractivity contribution in [3.05, 3.63) is 71.3 Å². The number of nitrogens with two attached hydrogens (primary N) is 1. The third kappa shape index (κ3) is 5.03. The largest absolute Gasteiger partial charge is 0.480 e. The predicted molar refractivity (Wildman–Crippen MR) is 84.6 cm³/mol. The first-order chi connectivity index (χ1) is 10.6. The summed E-state index contributed by atoms with van der Waals surface area (Å²) in [5.74, 6) is -0.998. The quantitative estimate of drug-likeness (QED) is 0.606. The lowest BCUT2D eigenvalue weighted by molar-refractivity contribution is -0.138. The minimum absolute atomic E-state index is 0.308. The monoisotopic (exact) mass is 298 g/mol. The Labute approximate surface area is 129 Å². The van der Waals surface area contributed by atoms with Crippen LogP contribution in [0.2, 0.25) is 0 Å². The van der Waals surface area contributed by atoms with E-state index in [1.807, 2.05) is 54.6 Å². The van der Waals surface area contributed by atoms with E-state index in [2.05, 4.69) is 5.16 Å². The summed E-state index contributed by atoms with van der Waals surface area (Å²) in [6.45, 7) is 0.356. The van der Waals surface area contributed by atoms with Gasteiger partial charge in [0.1, 0.15) is 12.6 Å². The molecule has 5 nitrogen and oxygen atoms in total. The topological polar surface area (TPSA) is 84.9 Å². The van der Waals surface area contributed by atoms with Gasteiger partial charge in [-0.15, -0.1) is 0 Å². The number of carboxylic acid groups (broad SMARTS) is 1. The zero-order chi connectivity index (χ0) is 15.8. The second-order valence-electron chi connectivity index (χ2n) is 4.88. The molecular formula is C17H18N2O3. The van der Waals surface area contributed by atoms with Gasteiger partial charge in [0.05, 0.1) is 6.21 Å². The van der Waals surface area contributed by atoms with Gasteiger partial charge in [-0.1, -0.05) is 59.8 Å². The molecule has 0 aliphatic rings. The number of rotatable bonds is 7. The Bertz CT molecular complexity index is 624. The third-order valence-electron chi connectivity index (χ3n) is 3.10. The van der Waals surface area contributed by atoms with E-state index in [0.29, 0.717) is 13.0 Å². The molecule has 0 saturated carbocycles. The summed E-state index contributed by atoms with van der Waals surface area (Å²) in [5, 5.41) is 12.7. The summed E-state index contributed by atoms with van der Waals surface area (Å²) in [6, 6.07) is 16.3. The fourth-order valence-corrected chi connectivity index (χ4v) is 1.86. The van der Waals surface area contributed by atoms with E-state index >= 15 is 0 Å². The van der Waals surface area contributed by atoms with Crippen molar-refractivity contribution in [2.45, 2.75) is 19.1 Å². The molecule has 2 aromatic rings. The van der Waals surface area contributed by atoms with Crippen LogP contribution in [0.25, 0.3) is 0 Å². The van der Waals surface area contributed by atoms with Crippen molar-refractivity contribution in [3.8, 4) is 0 Å². The number of benzene rings is 2. The van der Waals surface area contributed by atoms with E-state index in [0.717, 1.165) is 16.7 Å². The highest BCUT2D eigenvalue weighted by Crippen LogP contribution is 2.08. The summed E-state index contributed by atoms with van der Waals surface area (Å²) in [4.78, 5) is 15.9. The van der Waals surface area contributed by atoms with Crippen molar-refractivity contribution >= 4 is 12.2 Å². The molecule has 0 radical (unpaired) electrons. The lowest BCUT2D eigenvalue weighted by Crippen LogP contribution is -2.32. The highest BCUT2D eigenvalue weighted by Gasteiger charge is 2.11. The average Bonchev–Trinajstić information content (AvgIpc) is 2.54. The molecule has 0 aliphatic carbocycles. The normalized spacial score (nSPS) is 12.2. The fourth-order valence-electron chi connectivity index (χ4n) is 1.86. The van der Waals surface area contributed by atoms with E-state index < -0.39 is 12.0 Å². The van der Waals surface area contributed by atoms with Crippen molar-refractivity contribution in [3.63, 3.8) is 0 Å². The number of carboxylic acids is 1. The van der Waals surface area contributed by atoms with Crippen molar-refractivity contribution in [2.75, 3.05) is 0 Å². The van der Waals surface area contributed by atoms with Gasteiger partial charge >= 0.3 is 5.97 Å². The lowest BCUT2D eigenvalue weighted by Gasteiger charge is -2.07. The van der Waals surface area contributed by atoms with Gasteiger partial charge in [0, 0.05) is 0 Å². The van der Waals surface area contributed by atoms with Crippen LogP contribution in [0.3, 0.4) is 0 Å². The zero-order valence-electron chi connectivity index (χ0n) is 12.1. The highest BCUT2D eigenvalue weighted by molar-refractivity contribution is 5.78. The minimum Gasteiger partial charge on any atom is -0.480 e. The first-order valence-corrected chi connectivity index (χ1v) is 6.92. The van der Waals surface area contributed by atoms with E-state index in [9.17, 15) is 4.79 Å². The van der Waals surface area contributed by atoms with E-state index in [1.165, 1.54) is 0 Å². The van der Waals surface area contributed by atoms with Gasteiger partial charge in [0.15, 0.2) is 0 Å². The summed E-state index contributed by atoms with van der Waals surface area (Å²) < 4.78 is 0. The van der Waals surface area contributed by atoms with Crippen LogP contribution in [0.4, 0.5) is 0 Å². The third-order valence-corrected chi connectivity index (χ3v) is 3.10. The van der Waals surface area contributed by atoms with Gasteiger partial charge in [0.25, 0.3) is 0 Å². The molecule has 0 heterocycles. The van der Waals surface area contributed by atoms with Crippen LogP contribution in [0.15, 0.2) is 59.8 Å². The molecule has 0 amide bonds. The maximum atomic E-state index is 10.7. The molecular weight excluding hydrogens is 280 g/mol. The van der Waals surface area contributed by atoms with Crippen LogP contribution in [-0.4, -0.2) is 23.3 Å². The summed E-state index contributed by atoms with van der Waals surface area (Å²) in [6.07, 6.45) is 1.96. The fraction of sp³-hybridized carbons (Fsp3) is 0.176. The van der Waals surface area contributed by atoms with Gasteiger partial charge in [-0.05, 0) is 23.1 Å².